The molecule has 2 amide bonds. The fourth-order valence-corrected chi connectivity index (χ4v) is 2.28. The lowest BCUT2D eigenvalue weighted by Crippen LogP contribution is -2.32. The van der Waals surface area contributed by atoms with Gasteiger partial charge in [-0.2, -0.15) is 0 Å². The van der Waals surface area contributed by atoms with E-state index < -0.39 is 0 Å². The standard InChI is InChI=1S/C19H24N4O4/c1-23(2)10-9-21-19(25)16-11-13(7-8-20-16)18(24)22-15-6-5-14(26-3)12-17(15)27-4/h5-8,11-12H,9-10H2,1-4H3,(H,21,25)(H,22,24). The number of nitrogens with zero attached hydrogens (tertiary/aromatic N) is 2. The number of aromatic nitrogens is 1. The number of carbonyl (C=O) groups excluding carboxylic acids is 2. The molecule has 0 unspecified atom stereocenters. The Labute approximate surface area is 158 Å². The van der Waals surface area contributed by atoms with E-state index in [1.165, 1.54) is 19.4 Å². The van der Waals surface area contributed by atoms with Crippen LogP contribution in [0.1, 0.15) is 20.8 Å². The Morgan fingerprint density at radius 3 is 2.52 bits per heavy atom. The van der Waals surface area contributed by atoms with Crippen LogP contribution in [0.4, 0.5) is 5.69 Å². The van der Waals surface area contributed by atoms with Crippen molar-refractivity contribution in [1.29, 1.82) is 0 Å². The van der Waals surface area contributed by atoms with Crippen molar-refractivity contribution >= 4 is 17.5 Å². The first-order valence-electron chi connectivity index (χ1n) is 8.37. The number of carbonyl (C=O) groups is 2. The maximum absolute atomic E-state index is 12.6. The fraction of sp³-hybridized carbons (Fsp3) is 0.316. The number of hydrogen-bond donors (Lipinski definition) is 2. The van der Waals surface area contributed by atoms with Crippen molar-refractivity contribution in [2.75, 3.05) is 46.7 Å². The van der Waals surface area contributed by atoms with E-state index in [9.17, 15) is 9.59 Å². The van der Waals surface area contributed by atoms with E-state index in [1.54, 1.807) is 31.4 Å². The molecule has 8 nitrogen and oxygen atoms in total. The van der Waals surface area contributed by atoms with Crippen LogP contribution < -0.4 is 20.1 Å². The van der Waals surface area contributed by atoms with Crippen LogP contribution in [0.15, 0.2) is 36.5 Å². The van der Waals surface area contributed by atoms with Crippen molar-refractivity contribution in [3.05, 3.63) is 47.8 Å². The zero-order chi connectivity index (χ0) is 19.8. The molecule has 0 aliphatic rings. The summed E-state index contributed by atoms with van der Waals surface area (Å²) in [7, 11) is 6.90. The van der Waals surface area contributed by atoms with Gasteiger partial charge in [-0.15, -0.1) is 0 Å². The van der Waals surface area contributed by atoms with Crippen LogP contribution in [0, 0.1) is 0 Å². The van der Waals surface area contributed by atoms with Gasteiger partial charge in [0.1, 0.15) is 17.2 Å². The molecule has 0 atom stereocenters. The second-order valence-electron chi connectivity index (χ2n) is 6.01. The van der Waals surface area contributed by atoms with Crippen LogP contribution in [0.2, 0.25) is 0 Å². The molecule has 2 N–H and O–H groups in total. The zero-order valence-corrected chi connectivity index (χ0v) is 15.9. The maximum Gasteiger partial charge on any atom is 0.269 e. The molecular weight excluding hydrogens is 348 g/mol. The highest BCUT2D eigenvalue weighted by Crippen LogP contribution is 2.29. The first-order chi connectivity index (χ1) is 12.9. The molecule has 0 spiro atoms. The highest BCUT2D eigenvalue weighted by Gasteiger charge is 2.14. The first-order valence-corrected chi connectivity index (χ1v) is 8.37. The van der Waals surface area contributed by atoms with Gasteiger partial charge >= 0.3 is 0 Å². The summed E-state index contributed by atoms with van der Waals surface area (Å²) < 4.78 is 10.4. The first kappa shape index (κ1) is 20.2. The SMILES string of the molecule is COc1ccc(NC(=O)c2ccnc(C(=O)NCCN(C)C)c2)c(OC)c1. The van der Waals surface area contributed by atoms with E-state index >= 15 is 0 Å². The number of anilines is 1. The van der Waals surface area contributed by atoms with Crippen LogP contribution in [0.5, 0.6) is 11.5 Å². The third-order valence-electron chi connectivity index (χ3n) is 3.76. The summed E-state index contributed by atoms with van der Waals surface area (Å²) in [6, 6.07) is 8.07. The van der Waals surface area contributed by atoms with Gasteiger partial charge in [-0.3, -0.25) is 14.6 Å². The molecule has 1 aromatic carbocycles. The van der Waals surface area contributed by atoms with Gasteiger partial charge in [0.15, 0.2) is 0 Å². The van der Waals surface area contributed by atoms with Gasteiger partial charge in [-0.25, -0.2) is 0 Å². The molecule has 0 saturated carbocycles. The fourth-order valence-electron chi connectivity index (χ4n) is 2.28. The van der Waals surface area contributed by atoms with Gasteiger partial charge < -0.3 is 25.0 Å². The van der Waals surface area contributed by atoms with Gasteiger partial charge in [0.25, 0.3) is 11.8 Å². The largest absolute Gasteiger partial charge is 0.497 e. The molecule has 8 heteroatoms. The molecule has 0 saturated heterocycles. The molecule has 2 rings (SSSR count). The molecule has 2 aromatic rings. The molecule has 0 aliphatic heterocycles. The summed E-state index contributed by atoms with van der Waals surface area (Å²) in [6.45, 7) is 1.20. The second kappa shape index (κ2) is 9.54. The molecular formula is C19H24N4O4. The van der Waals surface area contributed by atoms with E-state index in [-0.39, 0.29) is 17.5 Å². The second-order valence-corrected chi connectivity index (χ2v) is 6.01. The van der Waals surface area contributed by atoms with Gasteiger partial charge in [0, 0.05) is 30.9 Å². The maximum atomic E-state index is 12.6. The lowest BCUT2D eigenvalue weighted by atomic mass is 10.2. The van der Waals surface area contributed by atoms with E-state index in [2.05, 4.69) is 15.6 Å². The van der Waals surface area contributed by atoms with E-state index in [0.717, 1.165) is 0 Å². The molecule has 0 bridgehead atoms. The Balaban J connectivity index is 2.10. The number of pyridine rings is 1. The minimum Gasteiger partial charge on any atom is -0.497 e. The predicted molar refractivity (Wildman–Crippen MR) is 103 cm³/mol. The van der Waals surface area contributed by atoms with Crippen molar-refractivity contribution in [1.82, 2.24) is 15.2 Å². The van der Waals surface area contributed by atoms with Crippen LogP contribution in [-0.4, -0.2) is 63.1 Å². The number of rotatable bonds is 8. The summed E-state index contributed by atoms with van der Waals surface area (Å²) in [5.41, 5.74) is 1.00. The Morgan fingerprint density at radius 1 is 1.07 bits per heavy atom. The van der Waals surface area contributed by atoms with E-state index in [4.69, 9.17) is 9.47 Å². The highest BCUT2D eigenvalue weighted by atomic mass is 16.5. The number of methoxy groups -OCH3 is 2. The zero-order valence-electron chi connectivity index (χ0n) is 15.9. The monoisotopic (exact) mass is 372 g/mol. The average molecular weight is 372 g/mol. The minimum atomic E-state index is -0.372. The number of ether oxygens (including phenoxy) is 2. The molecule has 27 heavy (non-hydrogen) atoms. The number of amides is 2. The summed E-state index contributed by atoms with van der Waals surface area (Å²) in [5.74, 6) is 0.389. The number of nitrogens with one attached hydrogen (secondary N) is 2. The van der Waals surface area contributed by atoms with Crippen molar-refractivity contribution < 1.29 is 19.1 Å². The van der Waals surface area contributed by atoms with E-state index in [0.29, 0.717) is 35.8 Å². The van der Waals surface area contributed by atoms with Crippen LogP contribution in [-0.2, 0) is 0 Å². The molecule has 0 fully saturated rings. The molecule has 0 radical (unpaired) electrons. The minimum absolute atomic E-state index is 0.183. The Bertz CT molecular complexity index is 808. The van der Waals surface area contributed by atoms with Crippen LogP contribution in [0.25, 0.3) is 0 Å². The van der Waals surface area contributed by atoms with Crippen molar-refractivity contribution in [2.45, 2.75) is 0 Å². The third-order valence-corrected chi connectivity index (χ3v) is 3.76. The number of benzene rings is 1. The molecule has 1 heterocycles. The van der Waals surface area contributed by atoms with Crippen molar-refractivity contribution in [3.63, 3.8) is 0 Å². The smallest absolute Gasteiger partial charge is 0.269 e. The summed E-state index contributed by atoms with van der Waals surface area (Å²) in [5, 5.41) is 5.54. The number of likely N-dealkylation sites (N-methyl/N-ethyl adjacent to an activating group) is 1. The average Bonchev–Trinajstić information content (AvgIpc) is 2.67. The molecule has 0 aliphatic carbocycles. The number of hydrogen-bond acceptors (Lipinski definition) is 6. The molecule has 1 aromatic heterocycles. The predicted octanol–water partition coefficient (Wildman–Crippen LogP) is 1.64. The van der Waals surface area contributed by atoms with Gasteiger partial charge in [-0.1, -0.05) is 0 Å². The highest BCUT2D eigenvalue weighted by molar-refractivity contribution is 6.06. The topological polar surface area (TPSA) is 92.8 Å². The quantitative estimate of drug-likeness (QED) is 0.732. The summed E-state index contributed by atoms with van der Waals surface area (Å²) >= 11 is 0. The van der Waals surface area contributed by atoms with E-state index in [1.807, 2.05) is 19.0 Å². The van der Waals surface area contributed by atoms with Crippen LogP contribution in [0.3, 0.4) is 0 Å². The lowest BCUT2D eigenvalue weighted by Gasteiger charge is -2.12. The van der Waals surface area contributed by atoms with Gasteiger partial charge in [0.05, 0.1) is 19.9 Å². The third kappa shape index (κ3) is 5.68. The summed E-state index contributed by atoms with van der Waals surface area (Å²) in [6.07, 6.45) is 1.43. The lowest BCUT2D eigenvalue weighted by molar-refractivity contribution is 0.0946. The molecule has 144 valence electrons. The Hall–Kier alpha value is -3.13. The Morgan fingerprint density at radius 2 is 1.85 bits per heavy atom. The normalized spacial score (nSPS) is 10.4. The van der Waals surface area contributed by atoms with Gasteiger partial charge in [-0.05, 0) is 38.4 Å². The van der Waals surface area contributed by atoms with Crippen molar-refractivity contribution in [3.8, 4) is 11.5 Å². The van der Waals surface area contributed by atoms with Gasteiger partial charge in [0.2, 0.25) is 0 Å². The Kier molecular flexibility index (Phi) is 7.13. The summed E-state index contributed by atoms with van der Waals surface area (Å²) in [4.78, 5) is 30.7. The van der Waals surface area contributed by atoms with Crippen LogP contribution >= 0.6 is 0 Å². The van der Waals surface area contributed by atoms with Crippen molar-refractivity contribution in [2.24, 2.45) is 0 Å².